The smallest absolute Gasteiger partial charge is 0.0673 e. The van der Waals surface area contributed by atoms with Gasteiger partial charge in [-0.1, -0.05) is 30.4 Å². The Balaban J connectivity index is 2.48. The van der Waals surface area contributed by atoms with E-state index in [1.807, 2.05) is 42.0 Å². The molecule has 0 amide bonds. The van der Waals surface area contributed by atoms with Gasteiger partial charge in [-0.15, -0.1) is 11.6 Å². The predicted octanol–water partition coefficient (Wildman–Crippen LogP) is 3.74. The minimum absolute atomic E-state index is 0.523. The number of alkyl halides is 1. The van der Waals surface area contributed by atoms with Crippen molar-refractivity contribution >= 4 is 17.7 Å². The Morgan fingerprint density at radius 2 is 1.94 bits per heavy atom. The molecule has 0 aliphatic heterocycles. The summed E-state index contributed by atoms with van der Waals surface area (Å²) in [6, 6.07) is 10.1. The van der Waals surface area contributed by atoms with E-state index in [2.05, 4.69) is 24.2 Å². The molecule has 0 atom stereocenters. The molecule has 2 rings (SSSR count). The average molecular weight is 247 g/mol. The minimum atomic E-state index is 0.523. The molecule has 0 saturated carbocycles. The normalized spacial score (nSPS) is 11.2. The first-order valence-corrected chi connectivity index (χ1v) is 6.11. The van der Waals surface area contributed by atoms with Gasteiger partial charge in [0.05, 0.1) is 11.4 Å². The van der Waals surface area contributed by atoms with Crippen molar-refractivity contribution in [1.29, 1.82) is 0 Å². The summed E-state index contributed by atoms with van der Waals surface area (Å²) in [5, 5.41) is 4.56. The van der Waals surface area contributed by atoms with Crippen LogP contribution in [0.2, 0.25) is 0 Å². The third-order valence-electron chi connectivity index (χ3n) is 2.72. The molecule has 0 unspecified atom stereocenters. The highest BCUT2D eigenvalue weighted by Crippen LogP contribution is 2.18. The molecule has 0 N–H and O–H groups in total. The number of nitrogens with zero attached hydrogens (tertiary/aromatic N) is 2. The number of allylic oxidation sites excluding steroid dienone is 1. The van der Waals surface area contributed by atoms with Gasteiger partial charge in [0.25, 0.3) is 0 Å². The van der Waals surface area contributed by atoms with Crippen molar-refractivity contribution in [1.82, 2.24) is 9.78 Å². The highest BCUT2D eigenvalue weighted by Gasteiger charge is 2.09. The van der Waals surface area contributed by atoms with Crippen LogP contribution in [0.1, 0.15) is 17.0 Å². The van der Waals surface area contributed by atoms with Crippen molar-refractivity contribution in [2.75, 3.05) is 5.88 Å². The lowest BCUT2D eigenvalue weighted by Crippen LogP contribution is -1.98. The molecule has 0 spiro atoms. The van der Waals surface area contributed by atoms with Gasteiger partial charge in [0, 0.05) is 17.1 Å². The molecular weight excluding hydrogens is 232 g/mol. The zero-order valence-corrected chi connectivity index (χ0v) is 10.8. The van der Waals surface area contributed by atoms with Crippen LogP contribution in [0, 0.1) is 13.8 Å². The van der Waals surface area contributed by atoms with E-state index in [1.54, 1.807) is 0 Å². The van der Waals surface area contributed by atoms with Crippen LogP contribution in [-0.4, -0.2) is 15.7 Å². The highest BCUT2D eigenvalue weighted by molar-refractivity contribution is 6.19. The van der Waals surface area contributed by atoms with Gasteiger partial charge >= 0.3 is 0 Å². The van der Waals surface area contributed by atoms with E-state index in [0.717, 1.165) is 22.6 Å². The van der Waals surface area contributed by atoms with Gasteiger partial charge < -0.3 is 0 Å². The van der Waals surface area contributed by atoms with Crippen molar-refractivity contribution in [2.24, 2.45) is 0 Å². The highest BCUT2D eigenvalue weighted by atomic mass is 35.5. The second kappa shape index (κ2) is 5.19. The molecule has 0 radical (unpaired) electrons. The first kappa shape index (κ1) is 11.9. The first-order chi connectivity index (χ1) is 8.24. The Morgan fingerprint density at radius 3 is 2.59 bits per heavy atom. The summed E-state index contributed by atoms with van der Waals surface area (Å²) >= 11 is 5.67. The largest absolute Gasteiger partial charge is 0.237 e. The molecule has 2 aromatic rings. The first-order valence-electron chi connectivity index (χ1n) is 5.58. The molecule has 17 heavy (non-hydrogen) atoms. The Kier molecular flexibility index (Phi) is 3.64. The topological polar surface area (TPSA) is 17.8 Å². The number of rotatable bonds is 3. The van der Waals surface area contributed by atoms with Crippen LogP contribution in [0.4, 0.5) is 0 Å². The maximum atomic E-state index is 5.67. The number of aryl methyl sites for hydroxylation is 1. The van der Waals surface area contributed by atoms with E-state index in [0.29, 0.717) is 5.88 Å². The van der Waals surface area contributed by atoms with Crippen LogP contribution in [0.5, 0.6) is 0 Å². The number of hydrogen-bond acceptors (Lipinski definition) is 1. The number of para-hydroxylation sites is 1. The second-order valence-electron chi connectivity index (χ2n) is 3.89. The van der Waals surface area contributed by atoms with Gasteiger partial charge in [-0.05, 0) is 26.0 Å². The molecule has 1 aromatic carbocycles. The lowest BCUT2D eigenvalue weighted by atomic mass is 10.2. The molecule has 2 nitrogen and oxygen atoms in total. The van der Waals surface area contributed by atoms with Crippen molar-refractivity contribution in [3.8, 4) is 5.69 Å². The average Bonchev–Trinajstić information content (AvgIpc) is 2.64. The van der Waals surface area contributed by atoms with Crippen molar-refractivity contribution < 1.29 is 0 Å². The summed E-state index contributed by atoms with van der Waals surface area (Å²) < 4.78 is 1.96. The number of benzene rings is 1. The fourth-order valence-corrected chi connectivity index (χ4v) is 1.97. The molecule has 0 saturated heterocycles. The summed E-state index contributed by atoms with van der Waals surface area (Å²) in [5.41, 5.74) is 4.39. The molecule has 0 aliphatic rings. The van der Waals surface area contributed by atoms with Crippen molar-refractivity contribution in [3.05, 3.63) is 53.4 Å². The summed E-state index contributed by atoms with van der Waals surface area (Å²) in [6.07, 6.45) is 3.97. The summed E-state index contributed by atoms with van der Waals surface area (Å²) in [7, 11) is 0. The monoisotopic (exact) mass is 246 g/mol. The predicted molar refractivity (Wildman–Crippen MR) is 72.8 cm³/mol. The van der Waals surface area contributed by atoms with Gasteiger partial charge in [-0.2, -0.15) is 5.10 Å². The quantitative estimate of drug-likeness (QED) is 0.755. The van der Waals surface area contributed by atoms with Gasteiger partial charge in [-0.3, -0.25) is 0 Å². The fourth-order valence-electron chi connectivity index (χ4n) is 1.88. The van der Waals surface area contributed by atoms with Crippen LogP contribution in [0.15, 0.2) is 36.4 Å². The third-order valence-corrected chi connectivity index (χ3v) is 2.90. The summed E-state index contributed by atoms with van der Waals surface area (Å²) in [5.74, 6) is 0.523. The Hall–Kier alpha value is -1.54. The Bertz CT molecular complexity index is 527. The van der Waals surface area contributed by atoms with E-state index in [4.69, 9.17) is 11.6 Å². The van der Waals surface area contributed by atoms with Gasteiger partial charge in [0.1, 0.15) is 0 Å². The van der Waals surface area contributed by atoms with Crippen LogP contribution < -0.4 is 0 Å². The van der Waals surface area contributed by atoms with E-state index in [1.165, 1.54) is 0 Å². The van der Waals surface area contributed by atoms with E-state index in [9.17, 15) is 0 Å². The number of halogens is 1. The molecule has 0 fully saturated rings. The maximum Gasteiger partial charge on any atom is 0.0673 e. The summed E-state index contributed by atoms with van der Waals surface area (Å²) in [4.78, 5) is 0. The third kappa shape index (κ3) is 2.42. The van der Waals surface area contributed by atoms with E-state index >= 15 is 0 Å². The summed E-state index contributed by atoms with van der Waals surface area (Å²) in [6.45, 7) is 4.08. The molecule has 88 valence electrons. The van der Waals surface area contributed by atoms with Gasteiger partial charge in [0.15, 0.2) is 0 Å². The molecule has 3 heteroatoms. The zero-order valence-electron chi connectivity index (χ0n) is 10.0. The van der Waals surface area contributed by atoms with Crippen LogP contribution in [0.25, 0.3) is 11.8 Å². The lowest BCUT2D eigenvalue weighted by molar-refractivity contribution is 0.833. The standard InChI is InChI=1S/C14H15ClN2/c1-11-14(9-6-10-15)12(2)17(16-11)13-7-4-3-5-8-13/h3-9H,10H2,1-2H3. The van der Waals surface area contributed by atoms with E-state index < -0.39 is 0 Å². The Morgan fingerprint density at radius 1 is 1.24 bits per heavy atom. The van der Waals surface area contributed by atoms with Gasteiger partial charge in [0.2, 0.25) is 0 Å². The maximum absolute atomic E-state index is 5.67. The van der Waals surface area contributed by atoms with Crippen molar-refractivity contribution in [2.45, 2.75) is 13.8 Å². The van der Waals surface area contributed by atoms with Crippen molar-refractivity contribution in [3.63, 3.8) is 0 Å². The molecule has 0 aliphatic carbocycles. The molecule has 0 bridgehead atoms. The zero-order chi connectivity index (χ0) is 12.3. The van der Waals surface area contributed by atoms with Crippen LogP contribution >= 0.6 is 11.6 Å². The SMILES string of the molecule is Cc1nn(-c2ccccc2)c(C)c1C=CCCl. The van der Waals surface area contributed by atoms with E-state index in [-0.39, 0.29) is 0 Å². The van der Waals surface area contributed by atoms with Crippen LogP contribution in [0.3, 0.4) is 0 Å². The molecule has 1 heterocycles. The molecular formula is C14H15ClN2. The number of aromatic nitrogens is 2. The second-order valence-corrected chi connectivity index (χ2v) is 4.20. The molecule has 1 aromatic heterocycles. The number of hydrogen-bond donors (Lipinski definition) is 0. The van der Waals surface area contributed by atoms with Gasteiger partial charge in [-0.25, -0.2) is 4.68 Å². The minimum Gasteiger partial charge on any atom is -0.237 e. The Labute approximate surface area is 107 Å². The fraction of sp³-hybridized carbons (Fsp3) is 0.214. The van der Waals surface area contributed by atoms with Crippen LogP contribution in [-0.2, 0) is 0 Å². The lowest BCUT2D eigenvalue weighted by Gasteiger charge is -2.03.